The van der Waals surface area contributed by atoms with Crippen molar-refractivity contribution < 1.29 is 22.4 Å². The first-order valence-corrected chi connectivity index (χ1v) is 9.17. The van der Waals surface area contributed by atoms with Gasteiger partial charge in [-0.2, -0.15) is 13.2 Å². The van der Waals surface area contributed by atoms with E-state index < -0.39 is 23.5 Å². The maximum atomic E-state index is 14.3. The highest BCUT2D eigenvalue weighted by atomic mass is 19.4. The van der Waals surface area contributed by atoms with E-state index in [1.807, 2.05) is 0 Å². The van der Waals surface area contributed by atoms with Crippen LogP contribution >= 0.6 is 0 Å². The molecule has 2 aromatic carbocycles. The second-order valence-electron chi connectivity index (χ2n) is 6.53. The third-order valence-corrected chi connectivity index (χ3v) is 4.36. The zero-order valence-corrected chi connectivity index (χ0v) is 16.1. The third kappa shape index (κ3) is 4.56. The molecule has 32 heavy (non-hydrogen) atoms. The average Bonchev–Trinajstić information content (AvgIpc) is 3.22. The Hall–Kier alpha value is -4.28. The van der Waals surface area contributed by atoms with Crippen molar-refractivity contribution in [3.05, 3.63) is 90.3 Å². The highest BCUT2D eigenvalue weighted by molar-refractivity contribution is 6.03. The number of amides is 1. The lowest BCUT2D eigenvalue weighted by Crippen LogP contribution is -2.13. The number of alkyl halides is 3. The van der Waals surface area contributed by atoms with Crippen LogP contribution in [0.2, 0.25) is 0 Å². The summed E-state index contributed by atoms with van der Waals surface area (Å²) in [5, 5.41) is 9.53. The molecule has 0 saturated carbocycles. The topological polar surface area (TPSA) is 84.7 Å². The summed E-state index contributed by atoms with van der Waals surface area (Å²) in [6, 6.07) is 12.4. The van der Waals surface area contributed by atoms with E-state index in [1.54, 1.807) is 36.5 Å². The van der Waals surface area contributed by atoms with Crippen LogP contribution in [-0.4, -0.2) is 25.7 Å². The Morgan fingerprint density at radius 1 is 0.969 bits per heavy atom. The molecule has 0 bridgehead atoms. The van der Waals surface area contributed by atoms with Crippen LogP contribution in [0.15, 0.2) is 73.3 Å². The smallest absolute Gasteiger partial charge is 0.340 e. The van der Waals surface area contributed by atoms with Crippen molar-refractivity contribution in [3.8, 4) is 5.69 Å². The molecule has 0 aliphatic carbocycles. The highest BCUT2D eigenvalue weighted by Gasteiger charge is 2.35. The van der Waals surface area contributed by atoms with E-state index in [2.05, 4.69) is 25.7 Å². The lowest BCUT2D eigenvalue weighted by molar-refractivity contribution is -0.140. The summed E-state index contributed by atoms with van der Waals surface area (Å²) in [5.41, 5.74) is -0.769. The first-order valence-electron chi connectivity index (χ1n) is 9.17. The minimum absolute atomic E-state index is 0.0509. The molecule has 1 amide bonds. The van der Waals surface area contributed by atoms with E-state index >= 15 is 0 Å². The zero-order valence-electron chi connectivity index (χ0n) is 16.1. The summed E-state index contributed by atoms with van der Waals surface area (Å²) in [5.74, 6) is -1.30. The van der Waals surface area contributed by atoms with Crippen LogP contribution in [0.3, 0.4) is 0 Å². The van der Waals surface area contributed by atoms with Crippen LogP contribution in [0.1, 0.15) is 15.9 Å². The Morgan fingerprint density at radius 2 is 1.75 bits per heavy atom. The van der Waals surface area contributed by atoms with Gasteiger partial charge in [-0.1, -0.05) is 6.07 Å². The molecular weight excluding hydrogens is 428 g/mol. The van der Waals surface area contributed by atoms with Crippen LogP contribution in [0, 0.1) is 5.82 Å². The molecule has 0 unspecified atom stereocenters. The molecule has 0 aliphatic rings. The number of hydrogen-bond donors (Lipinski definition) is 2. The normalized spacial score (nSPS) is 11.2. The van der Waals surface area contributed by atoms with Crippen LogP contribution in [0.5, 0.6) is 0 Å². The Balaban J connectivity index is 1.46. The third-order valence-electron chi connectivity index (χ3n) is 4.36. The number of benzene rings is 2. The summed E-state index contributed by atoms with van der Waals surface area (Å²) in [4.78, 5) is 20.3. The van der Waals surface area contributed by atoms with Gasteiger partial charge in [0, 0.05) is 29.7 Å². The van der Waals surface area contributed by atoms with E-state index in [1.165, 1.54) is 18.6 Å². The summed E-state index contributed by atoms with van der Waals surface area (Å²) < 4.78 is 54.0. The van der Waals surface area contributed by atoms with Crippen molar-refractivity contribution in [2.75, 3.05) is 10.6 Å². The van der Waals surface area contributed by atoms with Gasteiger partial charge in [-0.05, 0) is 42.5 Å². The number of anilines is 3. The van der Waals surface area contributed by atoms with E-state index in [4.69, 9.17) is 0 Å². The zero-order chi connectivity index (χ0) is 22.7. The Morgan fingerprint density at radius 3 is 2.44 bits per heavy atom. The molecule has 162 valence electrons. The van der Waals surface area contributed by atoms with Gasteiger partial charge in [-0.25, -0.2) is 19.0 Å². The first kappa shape index (κ1) is 21.0. The van der Waals surface area contributed by atoms with Crippen LogP contribution < -0.4 is 10.6 Å². The fourth-order valence-electron chi connectivity index (χ4n) is 2.85. The summed E-state index contributed by atoms with van der Waals surface area (Å²) >= 11 is 0. The first-order chi connectivity index (χ1) is 15.3. The number of hydrogen-bond acceptors (Lipinski definition) is 5. The van der Waals surface area contributed by atoms with Crippen LogP contribution in [0.4, 0.5) is 34.9 Å². The minimum atomic E-state index is -4.83. The molecule has 4 aromatic rings. The molecule has 11 heteroatoms. The predicted molar refractivity (Wildman–Crippen MR) is 108 cm³/mol. The van der Waals surface area contributed by atoms with E-state index in [-0.39, 0.29) is 11.5 Å². The Labute approximate surface area is 178 Å². The van der Waals surface area contributed by atoms with Crippen molar-refractivity contribution in [2.24, 2.45) is 0 Å². The van der Waals surface area contributed by atoms with Crippen molar-refractivity contribution in [3.63, 3.8) is 0 Å². The fourth-order valence-corrected chi connectivity index (χ4v) is 2.85. The molecule has 2 heterocycles. The van der Waals surface area contributed by atoms with Gasteiger partial charge in [0.05, 0.1) is 5.56 Å². The molecule has 0 aliphatic heterocycles. The maximum Gasteiger partial charge on any atom is 0.419 e. The van der Waals surface area contributed by atoms with Gasteiger partial charge in [0.15, 0.2) is 11.6 Å². The molecule has 0 radical (unpaired) electrons. The minimum Gasteiger partial charge on any atom is -0.340 e. The molecule has 7 nitrogen and oxygen atoms in total. The predicted octanol–water partition coefficient (Wildman–Crippen LogP) is 4.82. The average molecular weight is 442 g/mol. The van der Waals surface area contributed by atoms with Gasteiger partial charge in [0.2, 0.25) is 0 Å². The maximum absolute atomic E-state index is 14.3. The number of halogens is 4. The van der Waals surface area contributed by atoms with Crippen molar-refractivity contribution in [1.82, 2.24) is 19.7 Å². The molecule has 0 atom stereocenters. The number of nitrogens with one attached hydrogen (secondary N) is 2. The molecule has 2 N–H and O–H groups in total. The number of carbonyl (C=O) groups is 1. The van der Waals surface area contributed by atoms with Gasteiger partial charge in [0.1, 0.15) is 17.8 Å². The summed E-state index contributed by atoms with van der Waals surface area (Å²) in [7, 11) is 0. The molecule has 4 rings (SSSR count). The van der Waals surface area contributed by atoms with Gasteiger partial charge in [0.25, 0.3) is 5.91 Å². The number of rotatable bonds is 5. The highest BCUT2D eigenvalue weighted by Crippen LogP contribution is 2.33. The molecule has 0 fully saturated rings. The standard InChI is InChI=1S/C21H14F4N6O/c22-19-15(21(23,24)25)2-1-3-16(19)31-11-9-18(30-31)29-20(32)13-4-6-14(7-5-13)28-17-8-10-26-12-27-17/h1-12H,(H,26,27,28)(H,29,30,32). The fraction of sp³-hybridized carbons (Fsp3) is 0.0476. The van der Waals surface area contributed by atoms with Gasteiger partial charge < -0.3 is 10.6 Å². The molecular formula is C21H14F4N6O. The number of carbonyl (C=O) groups excluding carboxylic acids is 1. The molecule has 0 spiro atoms. The molecule has 0 saturated heterocycles. The van der Waals surface area contributed by atoms with Crippen molar-refractivity contribution in [1.29, 1.82) is 0 Å². The van der Waals surface area contributed by atoms with Crippen molar-refractivity contribution in [2.45, 2.75) is 6.18 Å². The van der Waals surface area contributed by atoms with Gasteiger partial charge in [-0.15, -0.1) is 5.10 Å². The van der Waals surface area contributed by atoms with E-state index in [0.717, 1.165) is 16.8 Å². The van der Waals surface area contributed by atoms with E-state index in [9.17, 15) is 22.4 Å². The lowest BCUT2D eigenvalue weighted by atomic mass is 10.2. The van der Waals surface area contributed by atoms with Crippen LogP contribution in [0.25, 0.3) is 5.69 Å². The monoisotopic (exact) mass is 442 g/mol. The quantitative estimate of drug-likeness (QED) is 0.433. The lowest BCUT2D eigenvalue weighted by Gasteiger charge is -2.11. The number of nitrogens with zero attached hydrogens (tertiary/aromatic N) is 4. The Kier molecular flexibility index (Phi) is 5.54. The summed E-state index contributed by atoms with van der Waals surface area (Å²) in [6.45, 7) is 0. The second kappa shape index (κ2) is 8.46. The second-order valence-corrected chi connectivity index (χ2v) is 6.53. The largest absolute Gasteiger partial charge is 0.419 e. The Bertz CT molecular complexity index is 1240. The number of aromatic nitrogens is 4. The van der Waals surface area contributed by atoms with Gasteiger partial charge in [-0.3, -0.25) is 4.79 Å². The van der Waals surface area contributed by atoms with Gasteiger partial charge >= 0.3 is 6.18 Å². The summed E-state index contributed by atoms with van der Waals surface area (Å²) in [6.07, 6.45) is -0.599. The van der Waals surface area contributed by atoms with Crippen molar-refractivity contribution >= 4 is 23.2 Å². The molecule has 2 aromatic heterocycles. The van der Waals surface area contributed by atoms with Crippen LogP contribution in [-0.2, 0) is 6.18 Å². The van der Waals surface area contributed by atoms with E-state index in [0.29, 0.717) is 23.1 Å². The SMILES string of the molecule is O=C(Nc1ccn(-c2cccc(C(F)(F)F)c2F)n1)c1ccc(Nc2ccncn2)cc1.